The second-order valence-electron chi connectivity index (χ2n) is 3.90. The fourth-order valence-electron chi connectivity index (χ4n) is 1.65. The Morgan fingerprint density at radius 1 is 1.16 bits per heavy atom. The first-order chi connectivity index (χ1) is 9.00. The second-order valence-corrected chi connectivity index (χ2v) is 3.90. The average molecular weight is 267 g/mol. The van der Waals surface area contributed by atoms with Gasteiger partial charge >= 0.3 is 6.18 Å². The maximum Gasteiger partial charge on any atom is 0.416 e. The number of rotatable bonds is 3. The highest BCUT2D eigenvalue weighted by atomic mass is 19.4. The number of nitrogens with one attached hydrogen (secondary N) is 1. The summed E-state index contributed by atoms with van der Waals surface area (Å²) in [6, 6.07) is 6.70. The lowest BCUT2D eigenvalue weighted by Gasteiger charge is -2.09. The van der Waals surface area contributed by atoms with Crippen LogP contribution in [0.25, 0.3) is 11.3 Å². The molecule has 0 amide bonds. The molecule has 3 nitrogen and oxygen atoms in total. The Morgan fingerprint density at radius 3 is 2.63 bits per heavy atom. The Balaban J connectivity index is 2.39. The summed E-state index contributed by atoms with van der Waals surface area (Å²) in [5.41, 5.74) is 0.182. The molecule has 1 aromatic carbocycles. The van der Waals surface area contributed by atoms with Crippen LogP contribution in [-0.2, 0) is 6.18 Å². The van der Waals surface area contributed by atoms with Crippen LogP contribution in [0.15, 0.2) is 36.7 Å². The van der Waals surface area contributed by atoms with Crippen molar-refractivity contribution in [3.63, 3.8) is 0 Å². The van der Waals surface area contributed by atoms with E-state index in [1.54, 1.807) is 12.1 Å². The van der Waals surface area contributed by atoms with Crippen molar-refractivity contribution in [1.29, 1.82) is 0 Å². The van der Waals surface area contributed by atoms with Gasteiger partial charge in [0.1, 0.15) is 12.1 Å². The van der Waals surface area contributed by atoms with E-state index in [0.717, 1.165) is 12.1 Å². The highest BCUT2D eigenvalue weighted by Gasteiger charge is 2.30. The molecule has 100 valence electrons. The van der Waals surface area contributed by atoms with Gasteiger partial charge in [-0.3, -0.25) is 0 Å². The number of halogens is 3. The first kappa shape index (κ1) is 13.3. The van der Waals surface area contributed by atoms with Gasteiger partial charge < -0.3 is 5.32 Å². The van der Waals surface area contributed by atoms with Crippen LogP contribution < -0.4 is 5.32 Å². The second kappa shape index (κ2) is 5.26. The van der Waals surface area contributed by atoms with Gasteiger partial charge in [-0.05, 0) is 19.1 Å². The van der Waals surface area contributed by atoms with Crippen LogP contribution in [0.5, 0.6) is 0 Å². The molecule has 2 rings (SSSR count). The van der Waals surface area contributed by atoms with Gasteiger partial charge in [-0.15, -0.1) is 0 Å². The Morgan fingerprint density at radius 2 is 1.95 bits per heavy atom. The van der Waals surface area contributed by atoms with E-state index in [9.17, 15) is 13.2 Å². The van der Waals surface area contributed by atoms with Gasteiger partial charge in [0.2, 0.25) is 0 Å². The molecule has 2 aromatic rings. The minimum atomic E-state index is -4.35. The van der Waals surface area contributed by atoms with Gasteiger partial charge in [-0.25, -0.2) is 9.97 Å². The zero-order valence-corrected chi connectivity index (χ0v) is 10.2. The average Bonchev–Trinajstić information content (AvgIpc) is 2.39. The Hall–Kier alpha value is -2.11. The third-order valence-corrected chi connectivity index (χ3v) is 2.51. The molecule has 0 saturated heterocycles. The predicted octanol–water partition coefficient (Wildman–Crippen LogP) is 3.59. The zero-order valence-electron chi connectivity index (χ0n) is 10.2. The molecule has 0 aliphatic rings. The van der Waals surface area contributed by atoms with Crippen molar-refractivity contribution in [3.05, 3.63) is 42.2 Å². The lowest BCUT2D eigenvalue weighted by molar-refractivity contribution is -0.137. The number of hydrogen-bond acceptors (Lipinski definition) is 3. The molecule has 6 heteroatoms. The van der Waals surface area contributed by atoms with E-state index in [4.69, 9.17) is 0 Å². The summed E-state index contributed by atoms with van der Waals surface area (Å²) in [5.74, 6) is 0.588. The highest BCUT2D eigenvalue weighted by molar-refractivity contribution is 5.63. The minimum absolute atomic E-state index is 0.413. The van der Waals surface area contributed by atoms with Crippen LogP contribution in [0.1, 0.15) is 12.5 Å². The molecule has 0 saturated carbocycles. The van der Waals surface area contributed by atoms with Gasteiger partial charge in [0.25, 0.3) is 0 Å². The third-order valence-electron chi connectivity index (χ3n) is 2.51. The van der Waals surface area contributed by atoms with Gasteiger partial charge in [-0.2, -0.15) is 13.2 Å². The molecule has 0 unspecified atom stereocenters. The van der Waals surface area contributed by atoms with Crippen molar-refractivity contribution in [3.8, 4) is 11.3 Å². The topological polar surface area (TPSA) is 37.8 Å². The van der Waals surface area contributed by atoms with E-state index < -0.39 is 11.7 Å². The van der Waals surface area contributed by atoms with Gasteiger partial charge in [0.15, 0.2) is 0 Å². The highest BCUT2D eigenvalue weighted by Crippen LogP contribution is 2.31. The van der Waals surface area contributed by atoms with Crippen LogP contribution >= 0.6 is 0 Å². The first-order valence-corrected chi connectivity index (χ1v) is 5.74. The zero-order chi connectivity index (χ0) is 13.9. The van der Waals surface area contributed by atoms with E-state index in [1.165, 1.54) is 12.4 Å². The van der Waals surface area contributed by atoms with Crippen LogP contribution in [0.2, 0.25) is 0 Å². The van der Waals surface area contributed by atoms with Crippen LogP contribution in [-0.4, -0.2) is 16.5 Å². The van der Waals surface area contributed by atoms with E-state index in [0.29, 0.717) is 23.6 Å². The minimum Gasteiger partial charge on any atom is -0.370 e. The Labute approximate surface area is 108 Å². The molecule has 19 heavy (non-hydrogen) atoms. The van der Waals surface area contributed by atoms with Gasteiger partial charge in [0.05, 0.1) is 11.3 Å². The molecule has 1 N–H and O–H groups in total. The summed E-state index contributed by atoms with van der Waals surface area (Å²) >= 11 is 0. The molecule has 0 radical (unpaired) electrons. The summed E-state index contributed by atoms with van der Waals surface area (Å²) in [6.07, 6.45) is -3.03. The number of benzene rings is 1. The lowest BCUT2D eigenvalue weighted by atomic mass is 10.1. The van der Waals surface area contributed by atoms with Gasteiger partial charge in [-0.1, -0.05) is 12.1 Å². The molecule has 0 bridgehead atoms. The summed E-state index contributed by atoms with van der Waals surface area (Å²) in [7, 11) is 0. The molecule has 1 heterocycles. The van der Waals surface area contributed by atoms with E-state index >= 15 is 0 Å². The Bertz CT molecular complexity index is 567. The Kier molecular flexibility index (Phi) is 3.69. The maximum absolute atomic E-state index is 12.6. The molecule has 0 aliphatic carbocycles. The number of anilines is 1. The monoisotopic (exact) mass is 267 g/mol. The van der Waals surface area contributed by atoms with Crippen molar-refractivity contribution >= 4 is 5.82 Å². The van der Waals surface area contributed by atoms with Crippen molar-refractivity contribution in [2.24, 2.45) is 0 Å². The standard InChI is InChI=1S/C13H12F3N3/c1-2-17-12-7-11(18-8-19-12)9-4-3-5-10(6-9)13(14,15)16/h3-8H,2H2,1H3,(H,17,18,19). The molecule has 0 aliphatic heterocycles. The summed E-state index contributed by atoms with van der Waals surface area (Å²) in [5, 5.41) is 2.99. The molecule has 0 atom stereocenters. The maximum atomic E-state index is 12.6. The first-order valence-electron chi connectivity index (χ1n) is 5.74. The molecule has 0 fully saturated rings. The smallest absolute Gasteiger partial charge is 0.370 e. The van der Waals surface area contributed by atoms with Crippen molar-refractivity contribution < 1.29 is 13.2 Å². The summed E-state index contributed by atoms with van der Waals surface area (Å²) < 4.78 is 37.9. The van der Waals surface area contributed by atoms with Crippen LogP contribution in [0, 0.1) is 0 Å². The molecular weight excluding hydrogens is 255 g/mol. The molecule has 1 aromatic heterocycles. The normalized spacial score (nSPS) is 11.4. The van der Waals surface area contributed by atoms with Crippen molar-refractivity contribution in [2.75, 3.05) is 11.9 Å². The number of aromatic nitrogens is 2. The van der Waals surface area contributed by atoms with Crippen molar-refractivity contribution in [2.45, 2.75) is 13.1 Å². The number of nitrogens with zero attached hydrogens (tertiary/aromatic N) is 2. The molecular formula is C13H12F3N3. The summed E-state index contributed by atoms with van der Waals surface area (Å²) in [6.45, 7) is 2.59. The fraction of sp³-hybridized carbons (Fsp3) is 0.231. The lowest BCUT2D eigenvalue weighted by Crippen LogP contribution is -2.05. The van der Waals surface area contributed by atoms with E-state index in [2.05, 4.69) is 15.3 Å². The van der Waals surface area contributed by atoms with Crippen molar-refractivity contribution in [1.82, 2.24) is 9.97 Å². The summed E-state index contributed by atoms with van der Waals surface area (Å²) in [4.78, 5) is 7.98. The third kappa shape index (κ3) is 3.21. The number of hydrogen-bond donors (Lipinski definition) is 1. The van der Waals surface area contributed by atoms with Crippen LogP contribution in [0.3, 0.4) is 0 Å². The van der Waals surface area contributed by atoms with E-state index in [1.807, 2.05) is 6.92 Å². The predicted molar refractivity (Wildman–Crippen MR) is 66.6 cm³/mol. The SMILES string of the molecule is CCNc1cc(-c2cccc(C(F)(F)F)c2)ncn1. The molecule has 0 spiro atoms. The number of alkyl halides is 3. The quantitative estimate of drug-likeness (QED) is 0.923. The van der Waals surface area contributed by atoms with Crippen LogP contribution in [0.4, 0.5) is 19.0 Å². The largest absolute Gasteiger partial charge is 0.416 e. The van der Waals surface area contributed by atoms with Gasteiger partial charge in [0, 0.05) is 18.2 Å². The van der Waals surface area contributed by atoms with E-state index in [-0.39, 0.29) is 0 Å². The fourth-order valence-corrected chi connectivity index (χ4v) is 1.65.